The van der Waals surface area contributed by atoms with E-state index in [2.05, 4.69) is 5.32 Å². The smallest absolute Gasteiger partial charge is 0.264 e. The number of hydrogen-bond acceptors (Lipinski definition) is 5. The van der Waals surface area contributed by atoms with Crippen molar-refractivity contribution in [3.8, 4) is 5.75 Å². The second-order valence-electron chi connectivity index (χ2n) is 12.7. The van der Waals surface area contributed by atoms with Gasteiger partial charge in [-0.05, 0) is 80.6 Å². The summed E-state index contributed by atoms with van der Waals surface area (Å²) in [4.78, 5) is 30.6. The molecule has 4 aromatic carbocycles. The standard InChI is InChI=1S/C39H45N3O5S/c1-28-17-20-35(21-18-28)48(45,46)42(36-22-19-29(2)23-30(36)3)27-38(43)41(26-32-13-10-16-34(24-32)47-4)37(25-31-11-6-5-7-12-31)39(44)40-33-14-8-9-15-33/h5-7,10-13,16-24,33,37H,8-9,14-15,25-27H2,1-4H3,(H,40,44)/t37-/m0/s1. The highest BCUT2D eigenvalue weighted by atomic mass is 32.2. The highest BCUT2D eigenvalue weighted by Crippen LogP contribution is 2.29. The topological polar surface area (TPSA) is 96.0 Å². The molecule has 0 aromatic heterocycles. The van der Waals surface area contributed by atoms with Gasteiger partial charge in [0.2, 0.25) is 11.8 Å². The fourth-order valence-corrected chi connectivity index (χ4v) is 7.80. The van der Waals surface area contributed by atoms with Crippen LogP contribution in [0, 0.1) is 20.8 Å². The predicted octanol–water partition coefficient (Wildman–Crippen LogP) is 6.51. The van der Waals surface area contributed by atoms with Crippen LogP contribution in [0.1, 0.15) is 53.5 Å². The molecule has 0 spiro atoms. The Morgan fingerprint density at radius 2 is 1.50 bits per heavy atom. The Kier molecular flexibility index (Phi) is 11.2. The first-order valence-corrected chi connectivity index (χ1v) is 17.9. The predicted molar refractivity (Wildman–Crippen MR) is 190 cm³/mol. The summed E-state index contributed by atoms with van der Waals surface area (Å²) in [6.45, 7) is 5.25. The maximum absolute atomic E-state index is 14.8. The number of hydrogen-bond donors (Lipinski definition) is 1. The second-order valence-corrected chi connectivity index (χ2v) is 14.5. The number of nitrogens with zero attached hydrogens (tertiary/aromatic N) is 2. The summed E-state index contributed by atoms with van der Waals surface area (Å²) in [6.07, 6.45) is 4.14. The molecule has 0 saturated heterocycles. The summed E-state index contributed by atoms with van der Waals surface area (Å²) in [5.41, 5.74) is 4.68. The van der Waals surface area contributed by atoms with Gasteiger partial charge in [0.25, 0.3) is 10.0 Å². The van der Waals surface area contributed by atoms with Crippen molar-refractivity contribution in [3.63, 3.8) is 0 Å². The van der Waals surface area contributed by atoms with Crippen molar-refractivity contribution in [1.82, 2.24) is 10.2 Å². The van der Waals surface area contributed by atoms with E-state index in [0.29, 0.717) is 11.4 Å². The summed E-state index contributed by atoms with van der Waals surface area (Å²) in [7, 11) is -2.60. The zero-order valence-corrected chi connectivity index (χ0v) is 29.0. The monoisotopic (exact) mass is 667 g/mol. The largest absolute Gasteiger partial charge is 0.497 e. The first-order chi connectivity index (χ1) is 23.0. The molecule has 252 valence electrons. The van der Waals surface area contributed by atoms with Crippen molar-refractivity contribution >= 4 is 27.5 Å². The number of anilines is 1. The van der Waals surface area contributed by atoms with Crippen molar-refractivity contribution < 1.29 is 22.7 Å². The molecule has 0 aliphatic heterocycles. The third-order valence-corrected chi connectivity index (χ3v) is 10.7. The summed E-state index contributed by atoms with van der Waals surface area (Å²) >= 11 is 0. The molecule has 1 saturated carbocycles. The van der Waals surface area contributed by atoms with Gasteiger partial charge in [-0.3, -0.25) is 13.9 Å². The lowest BCUT2D eigenvalue weighted by Gasteiger charge is -2.34. The van der Waals surface area contributed by atoms with Gasteiger partial charge < -0.3 is 15.0 Å². The van der Waals surface area contributed by atoms with Gasteiger partial charge in [-0.25, -0.2) is 8.42 Å². The van der Waals surface area contributed by atoms with Crippen LogP contribution in [0.2, 0.25) is 0 Å². The van der Waals surface area contributed by atoms with E-state index in [9.17, 15) is 18.0 Å². The maximum atomic E-state index is 14.8. The van der Waals surface area contributed by atoms with E-state index in [-0.39, 0.29) is 29.8 Å². The van der Waals surface area contributed by atoms with Crippen LogP contribution in [-0.2, 0) is 32.6 Å². The minimum atomic E-state index is -4.18. The molecular formula is C39H45N3O5S. The number of carbonyl (C=O) groups is 2. The van der Waals surface area contributed by atoms with Gasteiger partial charge >= 0.3 is 0 Å². The van der Waals surface area contributed by atoms with Gasteiger partial charge in [-0.2, -0.15) is 0 Å². The van der Waals surface area contributed by atoms with Crippen LogP contribution in [0.3, 0.4) is 0 Å². The lowest BCUT2D eigenvalue weighted by Crippen LogP contribution is -2.54. The van der Waals surface area contributed by atoms with E-state index >= 15 is 0 Å². The minimum absolute atomic E-state index is 0.0400. The van der Waals surface area contributed by atoms with Crippen LogP contribution >= 0.6 is 0 Å². The third-order valence-electron chi connectivity index (χ3n) is 8.97. The summed E-state index contributed by atoms with van der Waals surface area (Å²) in [6, 6.07) is 28.2. The number of methoxy groups -OCH3 is 1. The van der Waals surface area contributed by atoms with Crippen LogP contribution in [-0.4, -0.2) is 50.9 Å². The van der Waals surface area contributed by atoms with Crippen LogP contribution in [0.15, 0.2) is 102 Å². The van der Waals surface area contributed by atoms with Gasteiger partial charge in [-0.15, -0.1) is 0 Å². The Bertz CT molecular complexity index is 1820. The average Bonchev–Trinajstić information content (AvgIpc) is 3.59. The SMILES string of the molecule is COc1cccc(CN(C(=O)CN(c2ccc(C)cc2C)S(=O)(=O)c2ccc(C)cc2)[C@@H](Cc2ccccc2)C(=O)NC2CCCC2)c1. The van der Waals surface area contributed by atoms with Gasteiger partial charge in [0.1, 0.15) is 18.3 Å². The molecule has 8 nitrogen and oxygen atoms in total. The lowest BCUT2D eigenvalue weighted by atomic mass is 10.0. The normalized spacial score (nSPS) is 13.9. The molecule has 1 N–H and O–H groups in total. The Morgan fingerprint density at radius 3 is 2.17 bits per heavy atom. The molecule has 0 heterocycles. The molecule has 48 heavy (non-hydrogen) atoms. The molecule has 2 amide bonds. The molecular weight excluding hydrogens is 623 g/mol. The number of aryl methyl sites for hydroxylation is 3. The van der Waals surface area contributed by atoms with Crippen molar-refractivity contribution in [2.75, 3.05) is 18.0 Å². The zero-order valence-electron chi connectivity index (χ0n) is 28.2. The number of ether oxygens (including phenoxy) is 1. The summed E-state index contributed by atoms with van der Waals surface area (Å²) in [5.74, 6) is -0.119. The number of sulfonamides is 1. The Morgan fingerprint density at radius 1 is 0.833 bits per heavy atom. The van der Waals surface area contributed by atoms with E-state index in [4.69, 9.17) is 4.74 Å². The van der Waals surface area contributed by atoms with E-state index < -0.39 is 28.5 Å². The lowest BCUT2D eigenvalue weighted by molar-refractivity contribution is -0.140. The van der Waals surface area contributed by atoms with Gasteiger partial charge in [0.05, 0.1) is 17.7 Å². The van der Waals surface area contributed by atoms with E-state index in [1.807, 2.05) is 87.5 Å². The first kappa shape index (κ1) is 34.7. The Labute approximate surface area is 284 Å². The number of benzene rings is 4. The fourth-order valence-electron chi connectivity index (χ4n) is 6.33. The Balaban J connectivity index is 1.59. The Hall–Kier alpha value is -4.63. The summed E-state index contributed by atoms with van der Waals surface area (Å²) < 4.78 is 35.4. The maximum Gasteiger partial charge on any atom is 0.264 e. The third kappa shape index (κ3) is 8.44. The fraction of sp³-hybridized carbons (Fsp3) is 0.333. The molecule has 5 rings (SSSR count). The van der Waals surface area contributed by atoms with Crippen LogP contribution < -0.4 is 14.4 Å². The van der Waals surface area contributed by atoms with Crippen molar-refractivity contribution in [1.29, 1.82) is 0 Å². The zero-order chi connectivity index (χ0) is 34.3. The number of rotatable bonds is 13. The molecule has 9 heteroatoms. The number of carbonyl (C=O) groups excluding carboxylic acids is 2. The van der Waals surface area contributed by atoms with E-state index in [1.165, 1.54) is 9.21 Å². The van der Waals surface area contributed by atoms with Crippen molar-refractivity contribution in [2.45, 2.75) is 76.4 Å². The highest BCUT2D eigenvalue weighted by Gasteiger charge is 2.36. The van der Waals surface area contributed by atoms with Crippen LogP contribution in [0.5, 0.6) is 5.75 Å². The number of amides is 2. The van der Waals surface area contributed by atoms with E-state index in [1.54, 1.807) is 37.4 Å². The molecule has 0 unspecified atom stereocenters. The highest BCUT2D eigenvalue weighted by molar-refractivity contribution is 7.92. The summed E-state index contributed by atoms with van der Waals surface area (Å²) in [5, 5.41) is 3.22. The quantitative estimate of drug-likeness (QED) is 0.175. The van der Waals surface area contributed by atoms with Crippen molar-refractivity contribution in [2.24, 2.45) is 0 Å². The minimum Gasteiger partial charge on any atom is -0.497 e. The van der Waals surface area contributed by atoms with Crippen molar-refractivity contribution in [3.05, 3.63) is 125 Å². The second kappa shape index (κ2) is 15.5. The molecule has 4 aromatic rings. The molecule has 0 bridgehead atoms. The average molecular weight is 668 g/mol. The number of nitrogens with one attached hydrogen (secondary N) is 1. The molecule has 1 aliphatic rings. The van der Waals surface area contributed by atoms with Crippen LogP contribution in [0.4, 0.5) is 5.69 Å². The molecule has 1 fully saturated rings. The van der Waals surface area contributed by atoms with Gasteiger partial charge in [0.15, 0.2) is 0 Å². The molecule has 0 radical (unpaired) electrons. The van der Waals surface area contributed by atoms with Gasteiger partial charge in [0, 0.05) is 19.0 Å². The van der Waals surface area contributed by atoms with Gasteiger partial charge in [-0.1, -0.05) is 90.7 Å². The first-order valence-electron chi connectivity index (χ1n) is 16.5. The molecule has 1 atom stereocenters. The van der Waals surface area contributed by atoms with E-state index in [0.717, 1.165) is 53.5 Å². The van der Waals surface area contributed by atoms with Crippen LogP contribution in [0.25, 0.3) is 0 Å². The molecule has 1 aliphatic carbocycles.